The van der Waals surface area contributed by atoms with Gasteiger partial charge in [0.1, 0.15) is 15.9 Å². The molecule has 0 saturated heterocycles. The van der Waals surface area contributed by atoms with Crippen LogP contribution in [0.4, 0.5) is 5.00 Å². The van der Waals surface area contributed by atoms with Crippen LogP contribution in [-0.2, 0) is 4.74 Å². The molecule has 0 fully saturated rings. The molecule has 2 rings (SSSR count). The lowest BCUT2D eigenvalue weighted by molar-refractivity contribution is 0.0530. The number of carboxylic acids is 1. The van der Waals surface area contributed by atoms with Crippen LogP contribution >= 0.6 is 11.3 Å². The van der Waals surface area contributed by atoms with Crippen molar-refractivity contribution in [2.75, 3.05) is 11.9 Å². The van der Waals surface area contributed by atoms with Crippen molar-refractivity contribution >= 4 is 34.2 Å². The molecule has 128 valence electrons. The van der Waals surface area contributed by atoms with Gasteiger partial charge in [0, 0.05) is 0 Å². The van der Waals surface area contributed by atoms with Crippen molar-refractivity contribution in [2.24, 2.45) is 0 Å². The van der Waals surface area contributed by atoms with E-state index in [4.69, 9.17) is 4.74 Å². The predicted molar refractivity (Wildman–Crippen MR) is 91.1 cm³/mol. The normalized spacial score (nSPS) is 9.96. The smallest absolute Gasteiger partial charge is 0.348 e. The Labute approximate surface area is 147 Å². The number of carbonyl (C=O) groups is 3. The number of nitrogens with zero attached hydrogens (tertiary/aromatic N) is 1. The van der Waals surface area contributed by atoms with Gasteiger partial charge in [0.05, 0.1) is 23.3 Å². The number of nitriles is 1. The molecular weight excluding hydrogens is 344 g/mol. The Morgan fingerprint density at radius 1 is 1.28 bits per heavy atom. The SMILES string of the molecule is CCOC(=O)c1sc(NC(=O)c2ccccc2C(=O)O)c(C#N)c1C. The molecule has 0 aliphatic rings. The van der Waals surface area contributed by atoms with Gasteiger partial charge in [0.25, 0.3) is 5.91 Å². The number of ether oxygens (including phenoxy) is 1. The summed E-state index contributed by atoms with van der Waals surface area (Å²) < 4.78 is 4.93. The summed E-state index contributed by atoms with van der Waals surface area (Å²) in [6.07, 6.45) is 0. The zero-order valence-electron chi connectivity index (χ0n) is 13.5. The minimum atomic E-state index is -1.24. The summed E-state index contributed by atoms with van der Waals surface area (Å²) in [5, 5.41) is 21.2. The summed E-state index contributed by atoms with van der Waals surface area (Å²) in [5.41, 5.74) is 0.363. The van der Waals surface area contributed by atoms with Gasteiger partial charge in [-0.05, 0) is 31.5 Å². The average Bonchev–Trinajstić information content (AvgIpc) is 2.90. The second-order valence-electron chi connectivity index (χ2n) is 4.90. The lowest BCUT2D eigenvalue weighted by atomic mass is 10.1. The van der Waals surface area contributed by atoms with Crippen LogP contribution in [0.1, 0.15) is 48.4 Å². The third-order valence-electron chi connectivity index (χ3n) is 3.35. The maximum Gasteiger partial charge on any atom is 0.348 e. The van der Waals surface area contributed by atoms with Crippen LogP contribution in [-0.4, -0.2) is 29.6 Å². The first-order chi connectivity index (χ1) is 11.9. The number of carbonyl (C=O) groups excluding carboxylic acids is 2. The number of carboxylic acid groups (broad SMARTS) is 1. The Bertz CT molecular complexity index is 895. The van der Waals surface area contributed by atoms with Crippen LogP contribution in [0.5, 0.6) is 0 Å². The van der Waals surface area contributed by atoms with E-state index in [1.165, 1.54) is 24.3 Å². The number of anilines is 1. The van der Waals surface area contributed by atoms with E-state index < -0.39 is 17.8 Å². The van der Waals surface area contributed by atoms with Crippen LogP contribution in [0.2, 0.25) is 0 Å². The Kier molecular flexibility index (Phi) is 5.52. The molecule has 2 N–H and O–H groups in total. The molecule has 0 atom stereocenters. The number of aromatic carboxylic acids is 1. The van der Waals surface area contributed by atoms with Gasteiger partial charge >= 0.3 is 11.9 Å². The number of nitrogens with one attached hydrogen (secondary N) is 1. The second-order valence-corrected chi connectivity index (χ2v) is 5.92. The number of esters is 1. The molecule has 7 nitrogen and oxygen atoms in total. The molecule has 1 aromatic carbocycles. The summed E-state index contributed by atoms with van der Waals surface area (Å²) in [6.45, 7) is 3.44. The Morgan fingerprint density at radius 2 is 1.92 bits per heavy atom. The second kappa shape index (κ2) is 7.59. The average molecular weight is 358 g/mol. The first-order valence-electron chi connectivity index (χ1n) is 7.25. The number of rotatable bonds is 5. The zero-order chi connectivity index (χ0) is 18.6. The maximum absolute atomic E-state index is 12.4. The zero-order valence-corrected chi connectivity index (χ0v) is 14.3. The summed E-state index contributed by atoms with van der Waals surface area (Å²) in [7, 11) is 0. The van der Waals surface area contributed by atoms with Crippen molar-refractivity contribution in [2.45, 2.75) is 13.8 Å². The minimum Gasteiger partial charge on any atom is -0.478 e. The standard InChI is InChI=1S/C17H14N2O5S/c1-3-24-17(23)13-9(2)12(8-18)15(25-13)19-14(20)10-6-4-5-7-11(10)16(21)22/h4-7H,3H2,1-2H3,(H,19,20)(H,21,22). The highest BCUT2D eigenvalue weighted by molar-refractivity contribution is 7.18. The lowest BCUT2D eigenvalue weighted by Crippen LogP contribution is -2.16. The molecule has 1 aromatic heterocycles. The van der Waals surface area contributed by atoms with Crippen LogP contribution in [0, 0.1) is 18.3 Å². The first kappa shape index (κ1) is 18.2. The number of hydrogen-bond donors (Lipinski definition) is 2. The quantitative estimate of drug-likeness (QED) is 0.794. The van der Waals surface area contributed by atoms with Crippen LogP contribution in [0.15, 0.2) is 24.3 Å². The molecule has 0 aliphatic carbocycles. The molecule has 0 aliphatic heterocycles. The third kappa shape index (κ3) is 3.67. The highest BCUT2D eigenvalue weighted by atomic mass is 32.1. The van der Waals surface area contributed by atoms with Crippen molar-refractivity contribution in [3.63, 3.8) is 0 Å². The van der Waals surface area contributed by atoms with Crippen LogP contribution in [0.3, 0.4) is 0 Å². The van der Waals surface area contributed by atoms with E-state index in [-0.39, 0.29) is 33.2 Å². The lowest BCUT2D eigenvalue weighted by Gasteiger charge is -2.06. The summed E-state index contributed by atoms with van der Waals surface area (Å²) in [5.74, 6) is -2.49. The maximum atomic E-state index is 12.4. The van der Waals surface area contributed by atoms with Crippen molar-refractivity contribution in [3.05, 3.63) is 51.4 Å². The van der Waals surface area contributed by atoms with Crippen molar-refractivity contribution in [3.8, 4) is 6.07 Å². The number of amides is 1. The minimum absolute atomic E-state index is 0.0392. The van der Waals surface area contributed by atoms with Gasteiger partial charge in [0.15, 0.2) is 0 Å². The van der Waals surface area contributed by atoms with E-state index in [1.807, 2.05) is 6.07 Å². The Balaban J connectivity index is 2.40. The fraction of sp³-hybridized carbons (Fsp3) is 0.176. The fourth-order valence-electron chi connectivity index (χ4n) is 2.17. The van der Waals surface area contributed by atoms with E-state index >= 15 is 0 Å². The summed E-state index contributed by atoms with van der Waals surface area (Å²) in [6, 6.07) is 7.68. The molecule has 0 spiro atoms. The van der Waals surface area contributed by atoms with Gasteiger partial charge in [-0.2, -0.15) is 5.26 Å². The molecule has 0 saturated carbocycles. The van der Waals surface area contributed by atoms with E-state index in [9.17, 15) is 24.8 Å². The number of thiophene rings is 1. The van der Waals surface area contributed by atoms with Gasteiger partial charge in [-0.1, -0.05) is 12.1 Å². The van der Waals surface area contributed by atoms with Crippen LogP contribution in [0.25, 0.3) is 0 Å². The molecule has 25 heavy (non-hydrogen) atoms. The molecule has 1 amide bonds. The largest absolute Gasteiger partial charge is 0.478 e. The topological polar surface area (TPSA) is 116 Å². The molecule has 2 aromatic rings. The van der Waals surface area contributed by atoms with Crippen molar-refractivity contribution < 1.29 is 24.2 Å². The summed E-state index contributed by atoms with van der Waals surface area (Å²) >= 11 is 0.920. The highest BCUT2D eigenvalue weighted by Crippen LogP contribution is 2.33. The van der Waals surface area contributed by atoms with E-state index in [1.54, 1.807) is 13.8 Å². The van der Waals surface area contributed by atoms with Gasteiger partial charge < -0.3 is 15.2 Å². The molecule has 8 heteroatoms. The highest BCUT2D eigenvalue weighted by Gasteiger charge is 2.23. The number of hydrogen-bond acceptors (Lipinski definition) is 6. The summed E-state index contributed by atoms with van der Waals surface area (Å²) in [4.78, 5) is 35.8. The fourth-order valence-corrected chi connectivity index (χ4v) is 3.21. The van der Waals surface area contributed by atoms with Gasteiger partial charge in [0.2, 0.25) is 0 Å². The first-order valence-corrected chi connectivity index (χ1v) is 8.06. The molecule has 0 unspecified atom stereocenters. The molecule has 0 radical (unpaired) electrons. The van der Waals surface area contributed by atoms with E-state index in [2.05, 4.69) is 5.32 Å². The van der Waals surface area contributed by atoms with E-state index in [0.29, 0.717) is 5.56 Å². The third-order valence-corrected chi connectivity index (χ3v) is 4.54. The number of benzene rings is 1. The van der Waals surface area contributed by atoms with Gasteiger partial charge in [-0.3, -0.25) is 4.79 Å². The molecule has 1 heterocycles. The Hall–Kier alpha value is -3.18. The van der Waals surface area contributed by atoms with Crippen molar-refractivity contribution in [1.29, 1.82) is 5.26 Å². The predicted octanol–water partition coefficient (Wildman–Crippen LogP) is 3.06. The van der Waals surface area contributed by atoms with Gasteiger partial charge in [-0.15, -0.1) is 11.3 Å². The van der Waals surface area contributed by atoms with Crippen LogP contribution < -0.4 is 5.32 Å². The Morgan fingerprint density at radius 3 is 2.48 bits per heavy atom. The van der Waals surface area contributed by atoms with Gasteiger partial charge in [-0.25, -0.2) is 9.59 Å². The van der Waals surface area contributed by atoms with E-state index in [0.717, 1.165) is 11.3 Å². The van der Waals surface area contributed by atoms with Crippen molar-refractivity contribution in [1.82, 2.24) is 0 Å². The monoisotopic (exact) mass is 358 g/mol. The molecule has 0 bridgehead atoms. The molecular formula is C17H14N2O5S.